The van der Waals surface area contributed by atoms with Gasteiger partial charge in [-0.1, -0.05) is 18.2 Å². The first-order chi connectivity index (χ1) is 9.67. The fourth-order valence-corrected chi connectivity index (χ4v) is 3.57. The molecular weight excluding hydrogens is 272 g/mol. The molecule has 3 heterocycles. The lowest BCUT2D eigenvalue weighted by atomic mass is 9.98. The molecule has 100 valence electrons. The first-order valence-electron chi connectivity index (χ1n) is 6.45. The van der Waals surface area contributed by atoms with Gasteiger partial charge in [-0.2, -0.15) is 0 Å². The Balaban J connectivity index is 1.95. The topological polar surface area (TPSA) is 39.4 Å². The van der Waals surface area contributed by atoms with E-state index in [1.54, 1.807) is 17.4 Å². The predicted octanol–water partition coefficient (Wildman–Crippen LogP) is 3.70. The van der Waals surface area contributed by atoms with Crippen molar-refractivity contribution in [3.63, 3.8) is 0 Å². The number of rotatable bonds is 1. The Morgan fingerprint density at radius 2 is 2.05 bits per heavy atom. The minimum Gasteiger partial charge on any atom is -0.480 e. The van der Waals surface area contributed by atoms with Crippen molar-refractivity contribution < 1.29 is 9.15 Å². The molecule has 0 spiro atoms. The number of benzene rings is 1. The number of ether oxygens (including phenoxy) is 1. The maximum Gasteiger partial charge on any atom is 0.343 e. The van der Waals surface area contributed by atoms with Gasteiger partial charge in [0.25, 0.3) is 0 Å². The van der Waals surface area contributed by atoms with Crippen molar-refractivity contribution >= 4 is 22.3 Å². The van der Waals surface area contributed by atoms with Crippen molar-refractivity contribution in [2.45, 2.75) is 18.9 Å². The summed E-state index contributed by atoms with van der Waals surface area (Å²) in [5, 5.41) is 2.88. The number of para-hydroxylation sites is 1. The van der Waals surface area contributed by atoms with Gasteiger partial charge in [-0.3, -0.25) is 0 Å². The lowest BCUT2D eigenvalue weighted by Gasteiger charge is -2.22. The molecular formula is C16H12O3S. The summed E-state index contributed by atoms with van der Waals surface area (Å²) in [5.41, 5.74) is 0.445. The molecule has 0 aliphatic carbocycles. The van der Waals surface area contributed by atoms with Crippen LogP contribution < -0.4 is 10.4 Å². The normalized spacial score (nSPS) is 20.9. The lowest BCUT2D eigenvalue weighted by Crippen LogP contribution is -2.26. The van der Waals surface area contributed by atoms with Crippen LogP contribution >= 0.6 is 11.3 Å². The van der Waals surface area contributed by atoms with E-state index < -0.39 is 5.60 Å². The molecule has 4 rings (SSSR count). The molecule has 0 N–H and O–H groups in total. The molecule has 3 nitrogen and oxygen atoms in total. The van der Waals surface area contributed by atoms with Crippen LogP contribution in [-0.2, 0) is 12.0 Å². The van der Waals surface area contributed by atoms with Crippen LogP contribution in [0.5, 0.6) is 5.75 Å². The Morgan fingerprint density at radius 3 is 2.85 bits per heavy atom. The largest absolute Gasteiger partial charge is 0.480 e. The molecule has 2 aromatic heterocycles. The molecule has 1 aliphatic rings. The second-order valence-electron chi connectivity index (χ2n) is 5.18. The zero-order valence-corrected chi connectivity index (χ0v) is 11.7. The summed E-state index contributed by atoms with van der Waals surface area (Å²) in [5.74, 6) is 0.674. The van der Waals surface area contributed by atoms with Crippen molar-refractivity contribution in [3.05, 3.63) is 62.6 Å². The maximum absolute atomic E-state index is 12.1. The Morgan fingerprint density at radius 1 is 1.20 bits per heavy atom. The monoisotopic (exact) mass is 284 g/mol. The Hall–Kier alpha value is -2.07. The van der Waals surface area contributed by atoms with Gasteiger partial charge >= 0.3 is 5.63 Å². The Labute approximate surface area is 119 Å². The zero-order valence-electron chi connectivity index (χ0n) is 10.9. The second kappa shape index (κ2) is 3.96. The van der Waals surface area contributed by atoms with E-state index in [4.69, 9.17) is 9.15 Å². The molecule has 0 bridgehead atoms. The maximum atomic E-state index is 12.1. The number of hydrogen-bond donors (Lipinski definition) is 0. The quantitative estimate of drug-likeness (QED) is 0.640. The highest BCUT2D eigenvalue weighted by atomic mass is 32.1. The second-order valence-corrected chi connectivity index (χ2v) is 6.13. The molecule has 1 aliphatic heterocycles. The van der Waals surface area contributed by atoms with Crippen LogP contribution in [-0.4, -0.2) is 0 Å². The van der Waals surface area contributed by atoms with E-state index in [2.05, 4.69) is 0 Å². The number of thiophene rings is 1. The lowest BCUT2D eigenvalue weighted by molar-refractivity contribution is 0.121. The minimum atomic E-state index is -0.477. The molecule has 0 radical (unpaired) electrons. The van der Waals surface area contributed by atoms with Gasteiger partial charge in [-0.05, 0) is 30.5 Å². The van der Waals surface area contributed by atoms with Crippen molar-refractivity contribution in [1.82, 2.24) is 0 Å². The average Bonchev–Trinajstić information content (AvgIpc) is 3.07. The van der Waals surface area contributed by atoms with E-state index in [1.165, 1.54) is 0 Å². The smallest absolute Gasteiger partial charge is 0.343 e. The molecule has 1 atom stereocenters. The molecule has 20 heavy (non-hydrogen) atoms. The average molecular weight is 284 g/mol. The van der Waals surface area contributed by atoms with Gasteiger partial charge in [0, 0.05) is 11.3 Å². The van der Waals surface area contributed by atoms with Crippen LogP contribution in [0.4, 0.5) is 0 Å². The zero-order chi connectivity index (χ0) is 13.7. The van der Waals surface area contributed by atoms with E-state index in [0.29, 0.717) is 23.3 Å². The summed E-state index contributed by atoms with van der Waals surface area (Å²) >= 11 is 1.64. The van der Waals surface area contributed by atoms with E-state index in [1.807, 2.05) is 42.6 Å². The van der Waals surface area contributed by atoms with Crippen molar-refractivity contribution in [2.75, 3.05) is 0 Å². The van der Waals surface area contributed by atoms with E-state index >= 15 is 0 Å². The summed E-state index contributed by atoms with van der Waals surface area (Å²) in [6, 6.07) is 11.5. The summed E-state index contributed by atoms with van der Waals surface area (Å²) < 4.78 is 11.6. The molecule has 4 heteroatoms. The van der Waals surface area contributed by atoms with Gasteiger partial charge in [0.15, 0.2) is 0 Å². The first-order valence-corrected chi connectivity index (χ1v) is 7.33. The first kappa shape index (κ1) is 11.7. The molecule has 0 amide bonds. The Kier molecular flexibility index (Phi) is 2.32. The molecule has 1 unspecified atom stereocenters. The third-order valence-corrected chi connectivity index (χ3v) is 4.85. The fourth-order valence-electron chi connectivity index (χ4n) is 2.74. The highest BCUT2D eigenvalue weighted by Gasteiger charge is 2.40. The standard InChI is InChI=1S/C16H12O3S/c1-16(13-7-4-8-20-13)9-11-14(19-16)10-5-2-3-6-12(10)18-15(11)17/h2-8H,9H2,1H3. The van der Waals surface area contributed by atoms with Crippen molar-refractivity contribution in [3.8, 4) is 5.75 Å². The van der Waals surface area contributed by atoms with Crippen LogP contribution in [0.25, 0.3) is 11.0 Å². The van der Waals surface area contributed by atoms with Crippen LogP contribution in [0.15, 0.2) is 51.0 Å². The van der Waals surface area contributed by atoms with Crippen LogP contribution in [0, 0.1) is 0 Å². The molecule has 0 saturated carbocycles. The van der Waals surface area contributed by atoms with E-state index in [0.717, 1.165) is 10.3 Å². The summed E-state index contributed by atoms with van der Waals surface area (Å²) in [6.45, 7) is 2.02. The molecule has 0 fully saturated rings. The van der Waals surface area contributed by atoms with Crippen LogP contribution in [0.3, 0.4) is 0 Å². The highest BCUT2D eigenvalue weighted by Crippen LogP contribution is 2.44. The van der Waals surface area contributed by atoms with E-state index in [-0.39, 0.29) is 5.63 Å². The summed E-state index contributed by atoms with van der Waals surface area (Å²) in [4.78, 5) is 13.3. The number of hydrogen-bond acceptors (Lipinski definition) is 4. The van der Waals surface area contributed by atoms with Gasteiger partial charge in [0.05, 0.1) is 10.9 Å². The van der Waals surface area contributed by atoms with Gasteiger partial charge < -0.3 is 9.15 Å². The third kappa shape index (κ3) is 1.55. The third-order valence-electron chi connectivity index (χ3n) is 3.74. The van der Waals surface area contributed by atoms with E-state index in [9.17, 15) is 4.79 Å². The Bertz CT molecular complexity index is 848. The minimum absolute atomic E-state index is 0.293. The van der Waals surface area contributed by atoms with Gasteiger partial charge in [-0.15, -0.1) is 11.3 Å². The van der Waals surface area contributed by atoms with Crippen molar-refractivity contribution in [2.24, 2.45) is 0 Å². The number of fused-ring (bicyclic) bond motifs is 3. The van der Waals surface area contributed by atoms with Crippen LogP contribution in [0.2, 0.25) is 0 Å². The molecule has 3 aromatic rings. The van der Waals surface area contributed by atoms with Gasteiger partial charge in [0.2, 0.25) is 0 Å². The predicted molar refractivity (Wildman–Crippen MR) is 78.5 cm³/mol. The SMILES string of the molecule is CC1(c2cccs2)Cc2c(c3ccccc3oc2=O)O1. The molecule has 0 saturated heterocycles. The van der Waals surface area contributed by atoms with Gasteiger partial charge in [0.1, 0.15) is 16.9 Å². The highest BCUT2D eigenvalue weighted by molar-refractivity contribution is 7.10. The summed E-state index contributed by atoms with van der Waals surface area (Å²) in [7, 11) is 0. The summed E-state index contributed by atoms with van der Waals surface area (Å²) in [6.07, 6.45) is 0.552. The fraction of sp³-hybridized carbons (Fsp3) is 0.188. The van der Waals surface area contributed by atoms with Crippen LogP contribution in [0.1, 0.15) is 17.4 Å². The van der Waals surface area contributed by atoms with Gasteiger partial charge in [-0.25, -0.2) is 4.79 Å². The molecule has 1 aromatic carbocycles. The van der Waals surface area contributed by atoms with Crippen molar-refractivity contribution in [1.29, 1.82) is 0 Å².